The number of rotatable bonds is 6. The van der Waals surface area contributed by atoms with Crippen LogP contribution in [0, 0.1) is 0 Å². The van der Waals surface area contributed by atoms with Crippen molar-refractivity contribution in [1.29, 1.82) is 0 Å². The van der Waals surface area contributed by atoms with E-state index in [-0.39, 0.29) is 13.0 Å². The lowest BCUT2D eigenvalue weighted by Crippen LogP contribution is -2.58. The molecular formula is C12H22N2O5S. The van der Waals surface area contributed by atoms with Crippen molar-refractivity contribution in [2.45, 2.75) is 49.8 Å². The van der Waals surface area contributed by atoms with Crippen molar-refractivity contribution in [3.05, 3.63) is 0 Å². The third-order valence-corrected chi connectivity index (χ3v) is 6.01. The molecule has 3 N–H and O–H groups in total. The molecule has 1 aliphatic carbocycles. The molecule has 116 valence electrons. The first-order valence-electron chi connectivity index (χ1n) is 6.45. The molecule has 0 radical (unpaired) electrons. The van der Waals surface area contributed by atoms with Gasteiger partial charge in [0.1, 0.15) is 0 Å². The molecule has 8 heteroatoms. The summed E-state index contributed by atoms with van der Waals surface area (Å²) in [5.74, 6) is -0.957. The molecule has 0 spiro atoms. The summed E-state index contributed by atoms with van der Waals surface area (Å²) in [4.78, 5) is 22.6. The summed E-state index contributed by atoms with van der Waals surface area (Å²) in [6.07, 6.45) is 3.13. The summed E-state index contributed by atoms with van der Waals surface area (Å²) in [5.41, 5.74) is -0.689. The highest BCUT2D eigenvalue weighted by Gasteiger charge is 2.40. The van der Waals surface area contributed by atoms with Gasteiger partial charge in [-0.1, -0.05) is 0 Å². The van der Waals surface area contributed by atoms with Crippen molar-refractivity contribution in [3.63, 3.8) is 0 Å². The highest BCUT2D eigenvalue weighted by molar-refractivity contribution is 7.92. The molecule has 7 nitrogen and oxygen atoms in total. The average Bonchev–Trinajstić information content (AvgIpc) is 2.21. The predicted octanol–water partition coefficient (Wildman–Crippen LogP) is 0.506. The zero-order valence-corrected chi connectivity index (χ0v) is 12.8. The van der Waals surface area contributed by atoms with Gasteiger partial charge in [-0.2, -0.15) is 0 Å². The summed E-state index contributed by atoms with van der Waals surface area (Å²) in [6.45, 7) is 3.03. The van der Waals surface area contributed by atoms with Crippen LogP contribution in [0.5, 0.6) is 0 Å². The van der Waals surface area contributed by atoms with Gasteiger partial charge >= 0.3 is 12.0 Å². The van der Waals surface area contributed by atoms with E-state index in [1.807, 2.05) is 0 Å². The van der Waals surface area contributed by atoms with Gasteiger partial charge in [0.2, 0.25) is 0 Å². The van der Waals surface area contributed by atoms with Crippen molar-refractivity contribution in [2.24, 2.45) is 0 Å². The van der Waals surface area contributed by atoms with E-state index in [9.17, 15) is 18.0 Å². The Morgan fingerprint density at radius 1 is 1.30 bits per heavy atom. The smallest absolute Gasteiger partial charge is 0.315 e. The van der Waals surface area contributed by atoms with Crippen molar-refractivity contribution in [2.75, 3.05) is 12.8 Å². The second kappa shape index (κ2) is 5.59. The molecule has 0 aromatic carbocycles. The number of sulfone groups is 1. The minimum Gasteiger partial charge on any atom is -0.481 e. The fraction of sp³-hybridized carbons (Fsp3) is 0.833. The molecule has 0 saturated heterocycles. The van der Waals surface area contributed by atoms with Crippen LogP contribution in [-0.4, -0.2) is 48.6 Å². The average molecular weight is 306 g/mol. The largest absolute Gasteiger partial charge is 0.481 e. The van der Waals surface area contributed by atoms with Crippen LogP contribution in [0.1, 0.15) is 39.5 Å². The Hall–Kier alpha value is -1.31. The van der Waals surface area contributed by atoms with Crippen molar-refractivity contribution < 1.29 is 23.1 Å². The van der Waals surface area contributed by atoms with E-state index in [1.54, 1.807) is 0 Å². The molecule has 0 heterocycles. The highest BCUT2D eigenvalue weighted by Crippen LogP contribution is 2.34. The van der Waals surface area contributed by atoms with Crippen LogP contribution in [-0.2, 0) is 14.6 Å². The van der Waals surface area contributed by atoms with Gasteiger partial charge < -0.3 is 15.7 Å². The first-order chi connectivity index (χ1) is 8.97. The normalized spacial score (nSPS) is 17.9. The zero-order valence-electron chi connectivity index (χ0n) is 12.0. The summed E-state index contributed by atoms with van der Waals surface area (Å²) >= 11 is 0. The van der Waals surface area contributed by atoms with E-state index in [2.05, 4.69) is 10.6 Å². The van der Waals surface area contributed by atoms with Crippen LogP contribution < -0.4 is 10.6 Å². The maximum absolute atomic E-state index is 11.8. The molecule has 0 bridgehead atoms. The minimum atomic E-state index is -3.29. The molecule has 0 aliphatic heterocycles. The summed E-state index contributed by atoms with van der Waals surface area (Å²) in [7, 11) is -3.29. The number of hydrogen-bond donors (Lipinski definition) is 3. The lowest BCUT2D eigenvalue weighted by Gasteiger charge is -2.41. The molecule has 0 aromatic rings. The van der Waals surface area contributed by atoms with Gasteiger partial charge in [-0.25, -0.2) is 13.2 Å². The number of amides is 2. The van der Waals surface area contributed by atoms with E-state index in [0.29, 0.717) is 12.8 Å². The number of carboxylic acids is 1. The Labute approximate surface area is 119 Å². The van der Waals surface area contributed by atoms with Crippen molar-refractivity contribution in [1.82, 2.24) is 10.6 Å². The van der Waals surface area contributed by atoms with Crippen LogP contribution in [0.4, 0.5) is 4.79 Å². The molecule has 1 saturated carbocycles. The third kappa shape index (κ3) is 4.09. The molecule has 2 amide bonds. The maximum atomic E-state index is 11.8. The number of carbonyl (C=O) groups excluding carboxylic acids is 1. The second-order valence-corrected chi connectivity index (χ2v) is 8.69. The SMILES string of the molecule is CC(C)(CNC(=O)NC1(CC(=O)O)CCC1)S(C)(=O)=O. The Morgan fingerprint density at radius 2 is 1.85 bits per heavy atom. The summed E-state index contributed by atoms with van der Waals surface area (Å²) in [5, 5.41) is 14.0. The van der Waals surface area contributed by atoms with E-state index in [0.717, 1.165) is 12.7 Å². The molecular weight excluding hydrogens is 284 g/mol. The standard InChI is InChI=1S/C12H22N2O5S/c1-11(2,20(3,18)19)8-13-10(17)14-12(5-4-6-12)7-9(15)16/h4-8H2,1-3H3,(H,15,16)(H2,13,14,17). The number of urea groups is 1. The van der Waals surface area contributed by atoms with Crippen LogP contribution in [0.3, 0.4) is 0 Å². The lowest BCUT2D eigenvalue weighted by atomic mass is 9.74. The molecule has 0 aromatic heterocycles. The highest BCUT2D eigenvalue weighted by atomic mass is 32.2. The minimum absolute atomic E-state index is 0.0270. The van der Waals surface area contributed by atoms with Gasteiger partial charge in [0, 0.05) is 12.8 Å². The number of carboxylic acid groups (broad SMARTS) is 1. The van der Waals surface area contributed by atoms with Gasteiger partial charge in [-0.15, -0.1) is 0 Å². The molecule has 1 aliphatic rings. The van der Waals surface area contributed by atoms with E-state index in [4.69, 9.17) is 5.11 Å². The molecule has 0 unspecified atom stereocenters. The van der Waals surface area contributed by atoms with Crippen LogP contribution >= 0.6 is 0 Å². The fourth-order valence-electron chi connectivity index (χ4n) is 1.95. The Kier molecular flexibility index (Phi) is 4.68. The molecule has 1 fully saturated rings. The van der Waals surface area contributed by atoms with Crippen LogP contribution in [0.2, 0.25) is 0 Å². The maximum Gasteiger partial charge on any atom is 0.315 e. The van der Waals surface area contributed by atoms with E-state index in [1.165, 1.54) is 13.8 Å². The van der Waals surface area contributed by atoms with Crippen LogP contribution in [0.25, 0.3) is 0 Å². The fourth-order valence-corrected chi connectivity index (χ4v) is 2.28. The quantitative estimate of drug-likeness (QED) is 0.661. The Bertz CT molecular complexity index is 494. The van der Waals surface area contributed by atoms with Gasteiger partial charge in [0.25, 0.3) is 0 Å². The number of hydrogen-bond acceptors (Lipinski definition) is 4. The Balaban J connectivity index is 2.54. The second-order valence-electron chi connectivity index (χ2n) is 6.04. The Morgan fingerprint density at radius 3 is 2.20 bits per heavy atom. The third-order valence-electron chi connectivity index (χ3n) is 3.86. The van der Waals surface area contributed by atoms with Crippen molar-refractivity contribution in [3.8, 4) is 0 Å². The summed E-state index contributed by atoms with van der Waals surface area (Å²) < 4.78 is 22.0. The first-order valence-corrected chi connectivity index (χ1v) is 8.34. The van der Waals surface area contributed by atoms with Crippen molar-refractivity contribution >= 4 is 21.8 Å². The number of carbonyl (C=O) groups is 2. The summed E-state index contributed by atoms with van der Waals surface area (Å²) in [6, 6.07) is -0.525. The number of aliphatic carboxylic acids is 1. The van der Waals surface area contributed by atoms with Gasteiger partial charge in [-0.05, 0) is 33.1 Å². The van der Waals surface area contributed by atoms with Crippen LogP contribution in [0.15, 0.2) is 0 Å². The monoisotopic (exact) mass is 306 g/mol. The zero-order chi connectivity index (χ0) is 15.6. The predicted molar refractivity (Wildman–Crippen MR) is 74.3 cm³/mol. The van der Waals surface area contributed by atoms with E-state index < -0.39 is 32.1 Å². The number of nitrogens with one attached hydrogen (secondary N) is 2. The lowest BCUT2D eigenvalue weighted by molar-refractivity contribution is -0.139. The topological polar surface area (TPSA) is 113 Å². The van der Waals surface area contributed by atoms with Gasteiger partial charge in [0.15, 0.2) is 9.84 Å². The molecule has 0 atom stereocenters. The first kappa shape index (κ1) is 16.7. The molecule has 1 rings (SSSR count). The molecule has 20 heavy (non-hydrogen) atoms. The van der Waals surface area contributed by atoms with Gasteiger partial charge in [-0.3, -0.25) is 4.79 Å². The van der Waals surface area contributed by atoms with E-state index >= 15 is 0 Å². The van der Waals surface area contributed by atoms with Gasteiger partial charge in [0.05, 0.1) is 16.7 Å².